The van der Waals surface area contributed by atoms with Crippen molar-refractivity contribution in [2.45, 2.75) is 10.1 Å². The third-order valence-corrected chi connectivity index (χ3v) is 8.08. The lowest BCUT2D eigenvalue weighted by molar-refractivity contribution is 0.0302. The summed E-state index contributed by atoms with van der Waals surface area (Å²) in [5.41, 5.74) is 3.50. The van der Waals surface area contributed by atoms with Gasteiger partial charge >= 0.3 is 0 Å². The van der Waals surface area contributed by atoms with Gasteiger partial charge in [0.25, 0.3) is 11.8 Å². The minimum absolute atomic E-state index is 0.152. The third kappa shape index (κ3) is 5.53. The molecule has 0 radical (unpaired) electrons. The van der Waals surface area contributed by atoms with Gasteiger partial charge < -0.3 is 19.7 Å². The van der Waals surface area contributed by atoms with E-state index in [0.717, 1.165) is 26.1 Å². The van der Waals surface area contributed by atoms with Crippen LogP contribution < -0.4 is 10.1 Å². The summed E-state index contributed by atoms with van der Waals surface area (Å²) in [6.07, 6.45) is 0. The number of ether oxygens (including phenoxy) is 2. The molecular weight excluding hydrogens is 494 g/mol. The number of aromatic nitrogens is 1. The Kier molecular flexibility index (Phi) is 7.50. The molecular formula is C27H25N3O4S2. The Bertz CT molecular complexity index is 1380. The molecule has 1 aromatic heterocycles. The van der Waals surface area contributed by atoms with Crippen molar-refractivity contribution in [3.05, 3.63) is 83.4 Å². The van der Waals surface area contributed by atoms with Crippen LogP contribution in [0.1, 0.15) is 26.3 Å². The molecule has 2 amide bonds. The van der Waals surface area contributed by atoms with Crippen LogP contribution in [0.4, 0.5) is 5.69 Å². The number of anilines is 1. The van der Waals surface area contributed by atoms with E-state index in [1.807, 2.05) is 30.3 Å². The Morgan fingerprint density at radius 1 is 1.06 bits per heavy atom. The zero-order valence-electron chi connectivity index (χ0n) is 19.7. The molecule has 0 spiro atoms. The molecule has 1 fully saturated rings. The molecule has 1 aliphatic heterocycles. The Morgan fingerprint density at radius 3 is 2.56 bits per heavy atom. The number of thioether (sulfide) groups is 1. The highest BCUT2D eigenvalue weighted by atomic mass is 32.2. The molecule has 3 aromatic carbocycles. The van der Waals surface area contributed by atoms with Crippen molar-refractivity contribution in [1.29, 1.82) is 0 Å². The second-order valence-corrected chi connectivity index (χ2v) is 10.5. The average molecular weight is 520 g/mol. The van der Waals surface area contributed by atoms with Crippen molar-refractivity contribution >= 4 is 50.8 Å². The Hall–Kier alpha value is -3.40. The number of methoxy groups -OCH3 is 1. The van der Waals surface area contributed by atoms with Crippen molar-refractivity contribution in [2.75, 3.05) is 38.7 Å². The van der Waals surface area contributed by atoms with Crippen LogP contribution in [-0.2, 0) is 10.5 Å². The Labute approximate surface area is 217 Å². The maximum Gasteiger partial charge on any atom is 0.256 e. The van der Waals surface area contributed by atoms with Crippen LogP contribution in [0, 0.1) is 0 Å². The van der Waals surface area contributed by atoms with Gasteiger partial charge in [-0.25, -0.2) is 4.98 Å². The standard InChI is InChI=1S/C27H25N3O4S2/c1-33-20-9-6-18(7-10-20)17-35-27-29-23-11-8-19(16-24(23)36-27)28-25(31)21-4-2-3-5-22(21)26(32)30-12-14-34-15-13-30/h2-11,16H,12-15,17H2,1H3,(H,28,31). The van der Waals surface area contributed by atoms with E-state index in [-0.39, 0.29) is 11.8 Å². The highest BCUT2D eigenvalue weighted by molar-refractivity contribution is 8.00. The summed E-state index contributed by atoms with van der Waals surface area (Å²) in [6.45, 7) is 2.07. The van der Waals surface area contributed by atoms with E-state index in [0.29, 0.717) is 43.1 Å². The highest BCUT2D eigenvalue weighted by Gasteiger charge is 2.23. The number of morpholine rings is 1. The number of amides is 2. The first-order chi connectivity index (χ1) is 17.6. The van der Waals surface area contributed by atoms with E-state index in [1.165, 1.54) is 5.56 Å². The summed E-state index contributed by atoms with van der Waals surface area (Å²) in [5.74, 6) is 1.18. The number of rotatable bonds is 7. The molecule has 1 aliphatic rings. The number of thiazole rings is 1. The first-order valence-corrected chi connectivity index (χ1v) is 13.3. The Balaban J connectivity index is 1.28. The number of hydrogen-bond acceptors (Lipinski definition) is 7. The molecule has 0 unspecified atom stereocenters. The van der Waals surface area contributed by atoms with E-state index in [1.54, 1.807) is 59.4 Å². The molecule has 1 N–H and O–H groups in total. The minimum atomic E-state index is -0.315. The van der Waals surface area contributed by atoms with Gasteiger partial charge in [-0.1, -0.05) is 36.0 Å². The molecule has 0 saturated carbocycles. The fourth-order valence-electron chi connectivity index (χ4n) is 3.91. The first-order valence-electron chi connectivity index (χ1n) is 11.5. The molecule has 0 bridgehead atoms. The van der Waals surface area contributed by atoms with Crippen LogP contribution in [0.3, 0.4) is 0 Å². The number of nitrogens with zero attached hydrogens (tertiary/aromatic N) is 2. The van der Waals surface area contributed by atoms with E-state index in [4.69, 9.17) is 14.5 Å². The maximum absolute atomic E-state index is 13.1. The van der Waals surface area contributed by atoms with Gasteiger partial charge in [0.05, 0.1) is 41.7 Å². The van der Waals surface area contributed by atoms with Crippen LogP contribution in [0.15, 0.2) is 71.1 Å². The molecule has 184 valence electrons. The molecule has 0 atom stereocenters. The topological polar surface area (TPSA) is 80.8 Å². The normalized spacial score (nSPS) is 13.5. The molecule has 36 heavy (non-hydrogen) atoms. The van der Waals surface area contributed by atoms with Crippen molar-refractivity contribution < 1.29 is 19.1 Å². The number of carbonyl (C=O) groups excluding carboxylic acids is 2. The second kappa shape index (κ2) is 11.1. The van der Waals surface area contributed by atoms with Gasteiger partial charge in [0.1, 0.15) is 5.75 Å². The van der Waals surface area contributed by atoms with Gasteiger partial charge in [0.2, 0.25) is 0 Å². The summed E-state index contributed by atoms with van der Waals surface area (Å²) >= 11 is 3.27. The summed E-state index contributed by atoms with van der Waals surface area (Å²) in [4.78, 5) is 32.6. The van der Waals surface area contributed by atoms with Crippen LogP contribution in [-0.4, -0.2) is 55.1 Å². The average Bonchev–Trinajstić information content (AvgIpc) is 3.34. The van der Waals surface area contributed by atoms with Crippen LogP contribution >= 0.6 is 23.1 Å². The van der Waals surface area contributed by atoms with Crippen LogP contribution in [0.5, 0.6) is 5.75 Å². The van der Waals surface area contributed by atoms with Crippen molar-refractivity contribution in [2.24, 2.45) is 0 Å². The first kappa shape index (κ1) is 24.3. The number of benzene rings is 3. The number of hydrogen-bond donors (Lipinski definition) is 1. The monoisotopic (exact) mass is 519 g/mol. The van der Waals surface area contributed by atoms with E-state index >= 15 is 0 Å². The lowest BCUT2D eigenvalue weighted by Crippen LogP contribution is -2.41. The molecule has 2 heterocycles. The van der Waals surface area contributed by atoms with Crippen LogP contribution in [0.2, 0.25) is 0 Å². The van der Waals surface area contributed by atoms with Gasteiger partial charge in [0, 0.05) is 24.5 Å². The quantitative estimate of drug-likeness (QED) is 0.333. The van der Waals surface area contributed by atoms with E-state index in [9.17, 15) is 9.59 Å². The number of nitrogens with one attached hydrogen (secondary N) is 1. The predicted octanol–water partition coefficient (Wildman–Crippen LogP) is 5.32. The fraction of sp³-hybridized carbons (Fsp3) is 0.222. The summed E-state index contributed by atoms with van der Waals surface area (Å²) in [7, 11) is 1.66. The fourth-order valence-corrected chi connectivity index (χ4v) is 5.98. The van der Waals surface area contributed by atoms with Crippen LogP contribution in [0.25, 0.3) is 10.2 Å². The van der Waals surface area contributed by atoms with Gasteiger partial charge in [-0.2, -0.15) is 0 Å². The van der Waals surface area contributed by atoms with E-state index in [2.05, 4.69) is 17.4 Å². The van der Waals surface area contributed by atoms with Crippen molar-refractivity contribution in [3.63, 3.8) is 0 Å². The molecule has 0 aliphatic carbocycles. The summed E-state index contributed by atoms with van der Waals surface area (Å²) < 4.78 is 12.5. The van der Waals surface area contributed by atoms with Gasteiger partial charge in [-0.15, -0.1) is 11.3 Å². The molecule has 9 heteroatoms. The van der Waals surface area contributed by atoms with E-state index < -0.39 is 0 Å². The van der Waals surface area contributed by atoms with Crippen molar-refractivity contribution in [1.82, 2.24) is 9.88 Å². The molecule has 7 nitrogen and oxygen atoms in total. The summed E-state index contributed by atoms with van der Waals surface area (Å²) in [5, 5.41) is 2.95. The highest BCUT2D eigenvalue weighted by Crippen LogP contribution is 2.33. The zero-order chi connectivity index (χ0) is 24.9. The second-order valence-electron chi connectivity index (χ2n) is 8.20. The van der Waals surface area contributed by atoms with Gasteiger partial charge in [-0.3, -0.25) is 9.59 Å². The maximum atomic E-state index is 13.1. The third-order valence-electron chi connectivity index (χ3n) is 5.85. The minimum Gasteiger partial charge on any atom is -0.497 e. The molecule has 4 aromatic rings. The number of carbonyl (C=O) groups is 2. The zero-order valence-corrected chi connectivity index (χ0v) is 21.4. The van der Waals surface area contributed by atoms with Crippen molar-refractivity contribution in [3.8, 4) is 5.75 Å². The lowest BCUT2D eigenvalue weighted by atomic mass is 10.0. The predicted molar refractivity (Wildman–Crippen MR) is 143 cm³/mol. The lowest BCUT2D eigenvalue weighted by Gasteiger charge is -2.27. The number of fused-ring (bicyclic) bond motifs is 1. The Morgan fingerprint density at radius 2 is 1.81 bits per heavy atom. The smallest absolute Gasteiger partial charge is 0.256 e. The summed E-state index contributed by atoms with van der Waals surface area (Å²) in [6, 6.07) is 20.6. The van der Waals surface area contributed by atoms with Gasteiger partial charge in [-0.05, 0) is 48.0 Å². The molecule has 1 saturated heterocycles. The largest absolute Gasteiger partial charge is 0.497 e. The van der Waals surface area contributed by atoms with Gasteiger partial charge in [0.15, 0.2) is 4.34 Å². The SMILES string of the molecule is COc1ccc(CSc2nc3ccc(NC(=O)c4ccccc4C(=O)N4CCOCC4)cc3s2)cc1. The molecule has 5 rings (SSSR count).